The zero-order valence-corrected chi connectivity index (χ0v) is 15.2. The van der Waals surface area contributed by atoms with E-state index in [0.29, 0.717) is 18.7 Å². The van der Waals surface area contributed by atoms with Crippen molar-refractivity contribution in [3.05, 3.63) is 65.7 Å². The Hall–Kier alpha value is -2.82. The largest absolute Gasteiger partial charge is 0.462 e. The molecule has 0 aliphatic heterocycles. The lowest BCUT2D eigenvalue weighted by atomic mass is 10.1. The van der Waals surface area contributed by atoms with E-state index in [0.717, 1.165) is 24.9 Å². The van der Waals surface area contributed by atoms with Crippen LogP contribution in [-0.2, 0) is 16.0 Å². The highest BCUT2D eigenvalue weighted by Gasteiger charge is 2.07. The Bertz CT molecular complexity index is 684. The van der Waals surface area contributed by atoms with E-state index in [1.54, 1.807) is 24.3 Å². The molecule has 5 nitrogen and oxygen atoms in total. The summed E-state index contributed by atoms with van der Waals surface area (Å²) in [7, 11) is 0. The first kappa shape index (κ1) is 19.5. The number of ether oxygens (including phenoxy) is 1. The number of carbonyl (C=O) groups is 2. The standard InChI is InChI=1S/C21H26N2O3/c1-2-3-15-26-21(25)18-9-11-19(12-10-18)23-16-20(24)22-14-13-17-7-5-4-6-8-17/h4-12,23H,2-3,13-16H2,1H3,(H,22,24). The van der Waals surface area contributed by atoms with Gasteiger partial charge in [-0.15, -0.1) is 0 Å². The summed E-state index contributed by atoms with van der Waals surface area (Å²) in [5, 5.41) is 5.93. The van der Waals surface area contributed by atoms with Gasteiger partial charge in [0.2, 0.25) is 5.91 Å². The van der Waals surface area contributed by atoms with Crippen LogP contribution in [0.15, 0.2) is 54.6 Å². The number of hydrogen-bond acceptors (Lipinski definition) is 4. The number of hydrogen-bond donors (Lipinski definition) is 2. The first-order valence-corrected chi connectivity index (χ1v) is 9.00. The molecule has 0 aliphatic rings. The van der Waals surface area contributed by atoms with Crippen molar-refractivity contribution in [2.45, 2.75) is 26.2 Å². The molecule has 0 spiro atoms. The summed E-state index contributed by atoms with van der Waals surface area (Å²) in [5.41, 5.74) is 2.49. The van der Waals surface area contributed by atoms with Crippen molar-refractivity contribution in [2.75, 3.05) is 25.0 Å². The number of carbonyl (C=O) groups excluding carboxylic acids is 2. The highest BCUT2D eigenvalue weighted by Crippen LogP contribution is 2.10. The molecule has 2 aromatic rings. The van der Waals surface area contributed by atoms with Crippen LogP contribution in [0.25, 0.3) is 0 Å². The molecule has 0 heterocycles. The minimum absolute atomic E-state index is 0.0658. The summed E-state index contributed by atoms with van der Waals surface area (Å²) in [6.07, 6.45) is 2.66. The Labute approximate surface area is 154 Å². The third-order valence-corrected chi connectivity index (χ3v) is 3.88. The van der Waals surface area contributed by atoms with Gasteiger partial charge in [0, 0.05) is 12.2 Å². The summed E-state index contributed by atoms with van der Waals surface area (Å²) in [4.78, 5) is 23.7. The minimum atomic E-state index is -0.316. The molecule has 0 saturated carbocycles. The Morgan fingerprint density at radius 2 is 1.73 bits per heavy atom. The maximum Gasteiger partial charge on any atom is 0.338 e. The summed E-state index contributed by atoms with van der Waals surface area (Å²) in [6.45, 7) is 3.28. The highest BCUT2D eigenvalue weighted by molar-refractivity contribution is 5.90. The van der Waals surface area contributed by atoms with E-state index in [1.165, 1.54) is 5.56 Å². The van der Waals surface area contributed by atoms with Crippen molar-refractivity contribution < 1.29 is 14.3 Å². The van der Waals surface area contributed by atoms with Crippen LogP contribution in [0.2, 0.25) is 0 Å². The Morgan fingerprint density at radius 3 is 2.42 bits per heavy atom. The molecule has 138 valence electrons. The molecule has 26 heavy (non-hydrogen) atoms. The van der Waals surface area contributed by atoms with Crippen LogP contribution >= 0.6 is 0 Å². The molecular formula is C21H26N2O3. The van der Waals surface area contributed by atoms with E-state index >= 15 is 0 Å². The Kier molecular flexibility index (Phi) is 8.19. The zero-order chi connectivity index (χ0) is 18.6. The van der Waals surface area contributed by atoms with Crippen LogP contribution in [0.4, 0.5) is 5.69 Å². The fourth-order valence-corrected chi connectivity index (χ4v) is 2.35. The van der Waals surface area contributed by atoms with Gasteiger partial charge in [-0.05, 0) is 42.7 Å². The van der Waals surface area contributed by atoms with Crippen LogP contribution in [0.5, 0.6) is 0 Å². The van der Waals surface area contributed by atoms with Crippen molar-refractivity contribution in [1.82, 2.24) is 5.32 Å². The maximum absolute atomic E-state index is 11.9. The number of amides is 1. The number of nitrogens with one attached hydrogen (secondary N) is 2. The molecular weight excluding hydrogens is 328 g/mol. The zero-order valence-electron chi connectivity index (χ0n) is 15.2. The predicted octanol–water partition coefficient (Wildman–Crippen LogP) is 3.41. The average Bonchev–Trinajstić information content (AvgIpc) is 2.68. The van der Waals surface area contributed by atoms with Gasteiger partial charge in [0.1, 0.15) is 0 Å². The first-order chi connectivity index (χ1) is 12.7. The summed E-state index contributed by atoms with van der Waals surface area (Å²) in [6, 6.07) is 17.0. The van der Waals surface area contributed by atoms with Gasteiger partial charge < -0.3 is 15.4 Å². The molecule has 0 radical (unpaired) electrons. The normalized spacial score (nSPS) is 10.2. The summed E-state index contributed by atoms with van der Waals surface area (Å²) >= 11 is 0. The van der Waals surface area contributed by atoms with Crippen molar-refractivity contribution in [3.63, 3.8) is 0 Å². The molecule has 1 amide bonds. The topological polar surface area (TPSA) is 67.4 Å². The summed E-state index contributed by atoms with van der Waals surface area (Å²) < 4.78 is 5.16. The summed E-state index contributed by atoms with van der Waals surface area (Å²) in [5.74, 6) is -0.382. The Morgan fingerprint density at radius 1 is 1.00 bits per heavy atom. The molecule has 2 rings (SSSR count). The predicted molar refractivity (Wildman–Crippen MR) is 103 cm³/mol. The van der Waals surface area contributed by atoms with Gasteiger partial charge in [-0.3, -0.25) is 4.79 Å². The van der Waals surface area contributed by atoms with Crippen molar-refractivity contribution in [3.8, 4) is 0 Å². The number of esters is 1. The van der Waals surface area contributed by atoms with E-state index in [4.69, 9.17) is 4.74 Å². The first-order valence-electron chi connectivity index (χ1n) is 9.00. The highest BCUT2D eigenvalue weighted by atomic mass is 16.5. The van der Waals surface area contributed by atoms with Crippen LogP contribution < -0.4 is 10.6 Å². The second kappa shape index (κ2) is 10.9. The SMILES string of the molecule is CCCCOC(=O)c1ccc(NCC(=O)NCCc2ccccc2)cc1. The molecule has 2 N–H and O–H groups in total. The Balaban J connectivity index is 1.68. The molecule has 0 unspecified atom stereocenters. The van der Waals surface area contributed by atoms with Gasteiger partial charge in [-0.2, -0.15) is 0 Å². The van der Waals surface area contributed by atoms with Crippen LogP contribution in [0.3, 0.4) is 0 Å². The second-order valence-electron chi connectivity index (χ2n) is 6.01. The fourth-order valence-electron chi connectivity index (χ4n) is 2.35. The molecule has 0 fully saturated rings. The third kappa shape index (κ3) is 6.97. The van der Waals surface area contributed by atoms with Crippen molar-refractivity contribution in [1.29, 1.82) is 0 Å². The van der Waals surface area contributed by atoms with Gasteiger partial charge in [-0.25, -0.2) is 4.79 Å². The van der Waals surface area contributed by atoms with Crippen LogP contribution in [0, 0.1) is 0 Å². The fraction of sp³-hybridized carbons (Fsp3) is 0.333. The molecule has 0 aliphatic carbocycles. The molecule has 5 heteroatoms. The van der Waals surface area contributed by atoms with E-state index < -0.39 is 0 Å². The quantitative estimate of drug-likeness (QED) is 0.507. The van der Waals surface area contributed by atoms with Crippen LogP contribution in [-0.4, -0.2) is 31.6 Å². The minimum Gasteiger partial charge on any atom is -0.462 e. The van der Waals surface area contributed by atoms with Gasteiger partial charge >= 0.3 is 5.97 Å². The lowest BCUT2D eigenvalue weighted by Crippen LogP contribution is -2.31. The monoisotopic (exact) mass is 354 g/mol. The lowest BCUT2D eigenvalue weighted by molar-refractivity contribution is -0.119. The smallest absolute Gasteiger partial charge is 0.338 e. The van der Waals surface area contributed by atoms with Gasteiger partial charge in [0.25, 0.3) is 0 Å². The number of benzene rings is 2. The molecule has 2 aromatic carbocycles. The van der Waals surface area contributed by atoms with Gasteiger partial charge in [0.05, 0.1) is 18.7 Å². The van der Waals surface area contributed by atoms with Crippen molar-refractivity contribution >= 4 is 17.6 Å². The van der Waals surface area contributed by atoms with E-state index in [-0.39, 0.29) is 18.4 Å². The molecule has 0 saturated heterocycles. The maximum atomic E-state index is 11.9. The van der Waals surface area contributed by atoms with Crippen LogP contribution in [0.1, 0.15) is 35.7 Å². The lowest BCUT2D eigenvalue weighted by Gasteiger charge is -2.09. The van der Waals surface area contributed by atoms with E-state index in [2.05, 4.69) is 10.6 Å². The van der Waals surface area contributed by atoms with E-state index in [9.17, 15) is 9.59 Å². The molecule has 0 atom stereocenters. The number of anilines is 1. The molecule has 0 bridgehead atoms. The van der Waals surface area contributed by atoms with E-state index in [1.807, 2.05) is 37.3 Å². The third-order valence-electron chi connectivity index (χ3n) is 3.88. The van der Waals surface area contributed by atoms with Crippen molar-refractivity contribution in [2.24, 2.45) is 0 Å². The second-order valence-corrected chi connectivity index (χ2v) is 6.01. The van der Waals surface area contributed by atoms with Gasteiger partial charge in [0.15, 0.2) is 0 Å². The average molecular weight is 354 g/mol. The molecule has 0 aromatic heterocycles. The number of unbranched alkanes of at least 4 members (excludes halogenated alkanes) is 1. The van der Waals surface area contributed by atoms with Gasteiger partial charge in [-0.1, -0.05) is 43.7 Å². The number of rotatable bonds is 10.